The van der Waals surface area contributed by atoms with Gasteiger partial charge in [0.1, 0.15) is 0 Å². The van der Waals surface area contributed by atoms with Gasteiger partial charge in [-0.3, -0.25) is 9.88 Å². The smallest absolute Gasteiger partial charge is 0.159 e. The molecule has 0 saturated carbocycles. The normalized spacial score (nSPS) is 13.8. The molecule has 1 N–H and O–H groups in total. The summed E-state index contributed by atoms with van der Waals surface area (Å²) in [5, 5.41) is 2.01. The zero-order chi connectivity index (χ0) is 22.2. The Hall–Kier alpha value is -3.54. The van der Waals surface area contributed by atoms with Crippen molar-refractivity contribution in [2.75, 3.05) is 6.54 Å². The summed E-state index contributed by atoms with van der Waals surface area (Å²) in [4.78, 5) is 19.7. The molecule has 3 aromatic heterocycles. The number of aromatic amines is 1. The van der Waals surface area contributed by atoms with E-state index in [0.717, 1.165) is 64.9 Å². The number of fused-ring (bicyclic) bond motifs is 2. The summed E-state index contributed by atoms with van der Waals surface area (Å²) in [7, 11) is 0. The van der Waals surface area contributed by atoms with E-state index in [2.05, 4.69) is 56.3 Å². The van der Waals surface area contributed by atoms with Crippen molar-refractivity contribution >= 4 is 22.5 Å². The zero-order valence-corrected chi connectivity index (χ0v) is 18.8. The van der Waals surface area contributed by atoms with Crippen LogP contribution < -0.4 is 0 Å². The van der Waals surface area contributed by atoms with Crippen LogP contribution in [0.4, 0.5) is 0 Å². The van der Waals surface area contributed by atoms with E-state index < -0.39 is 0 Å². The number of H-pyrrole nitrogens is 1. The second-order valence-electron chi connectivity index (χ2n) is 8.39. The minimum atomic E-state index is 0.746. The first-order chi connectivity index (χ1) is 16.2. The molecule has 1 aliphatic rings. The standard InChI is InChI=1S/C27H22ClN5/c28-21-7-5-18(6-8-21)26-23(22-3-1-2-4-25(22)31-26)17-33-14-11-24-20(16-33)15-30-27(32-24)19-9-12-29-13-10-19/h1-10,12-13,15,31H,11,14,16-17H2. The molecule has 33 heavy (non-hydrogen) atoms. The van der Waals surface area contributed by atoms with Crippen molar-refractivity contribution in [1.82, 2.24) is 24.8 Å². The minimum Gasteiger partial charge on any atom is -0.354 e. The summed E-state index contributed by atoms with van der Waals surface area (Å²) >= 11 is 6.14. The fourth-order valence-electron chi connectivity index (χ4n) is 4.60. The Balaban J connectivity index is 1.31. The molecule has 0 amide bonds. The Morgan fingerprint density at radius 1 is 0.939 bits per heavy atom. The number of nitrogens with one attached hydrogen (secondary N) is 1. The van der Waals surface area contributed by atoms with Gasteiger partial charge in [-0.15, -0.1) is 0 Å². The van der Waals surface area contributed by atoms with E-state index in [-0.39, 0.29) is 0 Å². The molecule has 0 aliphatic carbocycles. The van der Waals surface area contributed by atoms with Crippen molar-refractivity contribution in [3.05, 3.63) is 101 Å². The van der Waals surface area contributed by atoms with Crippen molar-refractivity contribution in [1.29, 1.82) is 0 Å². The second kappa shape index (κ2) is 8.43. The number of rotatable bonds is 4. The molecule has 0 bridgehead atoms. The maximum atomic E-state index is 6.14. The van der Waals surface area contributed by atoms with E-state index in [9.17, 15) is 0 Å². The van der Waals surface area contributed by atoms with Crippen LogP contribution in [0.5, 0.6) is 0 Å². The number of aromatic nitrogens is 4. The van der Waals surface area contributed by atoms with Gasteiger partial charge in [0.15, 0.2) is 5.82 Å². The van der Waals surface area contributed by atoms with Gasteiger partial charge in [0.2, 0.25) is 0 Å². The molecule has 5 aromatic rings. The molecule has 4 heterocycles. The minimum absolute atomic E-state index is 0.746. The molecule has 6 rings (SSSR count). The topological polar surface area (TPSA) is 57.7 Å². The van der Waals surface area contributed by atoms with Crippen molar-refractivity contribution < 1.29 is 0 Å². The molecule has 0 atom stereocenters. The highest BCUT2D eigenvalue weighted by Gasteiger charge is 2.22. The summed E-state index contributed by atoms with van der Waals surface area (Å²) in [5.74, 6) is 0.770. The third-order valence-corrected chi connectivity index (χ3v) is 6.53. The molecule has 2 aromatic carbocycles. The molecule has 1 aliphatic heterocycles. The molecule has 0 spiro atoms. The quantitative estimate of drug-likeness (QED) is 0.369. The number of nitrogens with zero attached hydrogens (tertiary/aromatic N) is 4. The van der Waals surface area contributed by atoms with Gasteiger partial charge in [-0.25, -0.2) is 9.97 Å². The molecular weight excluding hydrogens is 430 g/mol. The third kappa shape index (κ3) is 3.90. The summed E-state index contributed by atoms with van der Waals surface area (Å²) in [5.41, 5.74) is 8.11. The maximum Gasteiger partial charge on any atom is 0.159 e. The fourth-order valence-corrected chi connectivity index (χ4v) is 4.73. The van der Waals surface area contributed by atoms with Crippen LogP contribution in [-0.2, 0) is 19.5 Å². The predicted molar refractivity (Wildman–Crippen MR) is 132 cm³/mol. The number of para-hydroxylation sites is 1. The molecular formula is C27H22ClN5. The van der Waals surface area contributed by atoms with Crippen molar-refractivity contribution in [3.63, 3.8) is 0 Å². The zero-order valence-electron chi connectivity index (χ0n) is 18.0. The van der Waals surface area contributed by atoms with Crippen molar-refractivity contribution in [2.24, 2.45) is 0 Å². The van der Waals surface area contributed by atoms with Crippen LogP contribution in [0.15, 0.2) is 79.3 Å². The maximum absolute atomic E-state index is 6.14. The monoisotopic (exact) mass is 451 g/mol. The van der Waals surface area contributed by atoms with Gasteiger partial charge < -0.3 is 4.98 Å². The van der Waals surface area contributed by atoms with E-state index in [4.69, 9.17) is 16.6 Å². The first-order valence-corrected chi connectivity index (χ1v) is 11.5. The summed E-state index contributed by atoms with van der Waals surface area (Å²) in [6.07, 6.45) is 6.45. The van der Waals surface area contributed by atoms with E-state index in [0.29, 0.717) is 0 Å². The molecule has 6 heteroatoms. The number of hydrogen-bond donors (Lipinski definition) is 1. The van der Waals surface area contributed by atoms with Gasteiger partial charge in [-0.1, -0.05) is 41.9 Å². The average molecular weight is 452 g/mol. The average Bonchev–Trinajstić information content (AvgIpc) is 3.23. The fraction of sp³-hybridized carbons (Fsp3) is 0.148. The van der Waals surface area contributed by atoms with Crippen LogP contribution >= 0.6 is 11.6 Å². The number of hydrogen-bond acceptors (Lipinski definition) is 4. The van der Waals surface area contributed by atoms with Crippen LogP contribution in [-0.4, -0.2) is 31.4 Å². The van der Waals surface area contributed by atoms with Crippen molar-refractivity contribution in [2.45, 2.75) is 19.5 Å². The number of benzene rings is 2. The summed E-state index contributed by atoms with van der Waals surface area (Å²) in [6, 6.07) is 20.5. The lowest BCUT2D eigenvalue weighted by molar-refractivity contribution is 0.244. The number of pyridine rings is 1. The molecule has 0 radical (unpaired) electrons. The lowest BCUT2D eigenvalue weighted by atomic mass is 10.0. The Labute approximate surface area is 197 Å². The van der Waals surface area contributed by atoms with Crippen LogP contribution in [0.3, 0.4) is 0 Å². The van der Waals surface area contributed by atoms with Gasteiger partial charge >= 0.3 is 0 Å². The second-order valence-corrected chi connectivity index (χ2v) is 8.83. The first-order valence-electron chi connectivity index (χ1n) is 11.1. The van der Waals surface area contributed by atoms with E-state index in [1.165, 1.54) is 16.5 Å². The van der Waals surface area contributed by atoms with Crippen LogP contribution in [0, 0.1) is 0 Å². The van der Waals surface area contributed by atoms with Crippen LogP contribution in [0.1, 0.15) is 16.8 Å². The summed E-state index contributed by atoms with van der Waals surface area (Å²) < 4.78 is 0. The van der Waals surface area contributed by atoms with E-state index in [1.54, 1.807) is 12.4 Å². The highest BCUT2D eigenvalue weighted by molar-refractivity contribution is 6.30. The molecule has 0 saturated heterocycles. The lowest BCUT2D eigenvalue weighted by Crippen LogP contribution is -2.31. The van der Waals surface area contributed by atoms with Gasteiger partial charge in [-0.05, 0) is 41.5 Å². The molecule has 5 nitrogen and oxygen atoms in total. The predicted octanol–water partition coefficient (Wildman–Crippen LogP) is 5.90. The summed E-state index contributed by atoms with van der Waals surface area (Å²) in [6.45, 7) is 2.65. The molecule has 162 valence electrons. The Bertz CT molecular complexity index is 1430. The van der Waals surface area contributed by atoms with Crippen LogP contribution in [0.2, 0.25) is 5.02 Å². The SMILES string of the molecule is Clc1ccc(-c2[nH]c3ccccc3c2CN2CCc3nc(-c4ccncc4)ncc3C2)cc1. The van der Waals surface area contributed by atoms with Gasteiger partial charge in [0.25, 0.3) is 0 Å². The van der Waals surface area contributed by atoms with Gasteiger partial charge in [0, 0.05) is 71.7 Å². The Kier molecular flexibility index (Phi) is 5.13. The first kappa shape index (κ1) is 20.1. The highest BCUT2D eigenvalue weighted by Crippen LogP contribution is 2.33. The van der Waals surface area contributed by atoms with Crippen LogP contribution in [0.25, 0.3) is 33.5 Å². The largest absolute Gasteiger partial charge is 0.354 e. The van der Waals surface area contributed by atoms with E-state index in [1.807, 2.05) is 30.5 Å². The van der Waals surface area contributed by atoms with E-state index >= 15 is 0 Å². The molecule has 0 unspecified atom stereocenters. The van der Waals surface area contributed by atoms with Gasteiger partial charge in [0.05, 0.1) is 11.4 Å². The number of halogens is 1. The third-order valence-electron chi connectivity index (χ3n) is 6.28. The Morgan fingerprint density at radius 3 is 2.61 bits per heavy atom. The molecule has 0 fully saturated rings. The lowest BCUT2D eigenvalue weighted by Gasteiger charge is -2.28. The van der Waals surface area contributed by atoms with Crippen molar-refractivity contribution in [3.8, 4) is 22.6 Å². The Morgan fingerprint density at radius 2 is 1.76 bits per heavy atom. The van der Waals surface area contributed by atoms with Gasteiger partial charge in [-0.2, -0.15) is 0 Å². The highest BCUT2D eigenvalue weighted by atomic mass is 35.5.